The van der Waals surface area contributed by atoms with Gasteiger partial charge in [-0.15, -0.1) is 0 Å². The molecule has 124 valence electrons. The van der Waals surface area contributed by atoms with E-state index in [4.69, 9.17) is 4.74 Å². The molecule has 3 heteroatoms. The van der Waals surface area contributed by atoms with Crippen molar-refractivity contribution in [3.63, 3.8) is 0 Å². The summed E-state index contributed by atoms with van der Waals surface area (Å²) in [6, 6.07) is 9.95. The summed E-state index contributed by atoms with van der Waals surface area (Å²) in [6.45, 7) is 6.02. The van der Waals surface area contributed by atoms with Gasteiger partial charge in [0.2, 0.25) is 5.82 Å². The topological polar surface area (TPSA) is 9.23 Å². The highest BCUT2D eigenvalue weighted by Gasteiger charge is 2.17. The summed E-state index contributed by atoms with van der Waals surface area (Å²) in [4.78, 5) is 0. The Bertz CT molecular complexity index is 648. The lowest BCUT2D eigenvalue weighted by Crippen LogP contribution is -2.04. The molecule has 0 saturated carbocycles. The Morgan fingerprint density at radius 2 is 1.48 bits per heavy atom. The first-order chi connectivity index (χ1) is 11.1. The largest absolute Gasteiger partial charge is 0.491 e. The van der Waals surface area contributed by atoms with Crippen molar-refractivity contribution in [3.05, 3.63) is 64.2 Å². The Hall–Kier alpha value is -1.90. The monoisotopic (exact) mass is 318 g/mol. The lowest BCUT2D eigenvalue weighted by Gasteiger charge is -2.12. The average Bonchev–Trinajstić information content (AvgIpc) is 2.54. The SMILES string of the molecule is CCCc1ccc(CCc2c(C)cc(OCC)c(F)c2F)cc1. The summed E-state index contributed by atoms with van der Waals surface area (Å²) in [5.74, 6) is -1.67. The predicted molar refractivity (Wildman–Crippen MR) is 90.1 cm³/mol. The first-order valence-electron chi connectivity index (χ1n) is 8.24. The predicted octanol–water partition coefficient (Wildman–Crippen LogP) is 5.41. The average molecular weight is 318 g/mol. The zero-order valence-corrected chi connectivity index (χ0v) is 14.1. The molecule has 0 aromatic heterocycles. The molecule has 0 aliphatic carbocycles. The van der Waals surface area contributed by atoms with Crippen LogP contribution in [-0.2, 0) is 19.3 Å². The third-order valence-electron chi connectivity index (χ3n) is 4.02. The molecule has 0 aliphatic heterocycles. The molecule has 0 spiro atoms. The normalized spacial score (nSPS) is 10.8. The van der Waals surface area contributed by atoms with Crippen LogP contribution in [-0.4, -0.2) is 6.61 Å². The van der Waals surface area contributed by atoms with Crippen molar-refractivity contribution in [2.24, 2.45) is 0 Å². The Morgan fingerprint density at radius 1 is 0.870 bits per heavy atom. The van der Waals surface area contributed by atoms with Crippen molar-refractivity contribution in [3.8, 4) is 5.75 Å². The van der Waals surface area contributed by atoms with Crippen molar-refractivity contribution < 1.29 is 13.5 Å². The van der Waals surface area contributed by atoms with E-state index < -0.39 is 11.6 Å². The van der Waals surface area contributed by atoms with Crippen LogP contribution in [0.1, 0.15) is 42.5 Å². The maximum absolute atomic E-state index is 14.3. The minimum Gasteiger partial charge on any atom is -0.491 e. The number of hydrogen-bond donors (Lipinski definition) is 0. The summed E-state index contributed by atoms with van der Waals surface area (Å²) >= 11 is 0. The summed E-state index contributed by atoms with van der Waals surface area (Å²) < 4.78 is 33.4. The van der Waals surface area contributed by atoms with E-state index in [9.17, 15) is 8.78 Å². The summed E-state index contributed by atoms with van der Waals surface area (Å²) in [7, 11) is 0. The van der Waals surface area contributed by atoms with Gasteiger partial charge in [0.1, 0.15) is 0 Å². The van der Waals surface area contributed by atoms with Gasteiger partial charge in [-0.25, -0.2) is 4.39 Å². The van der Waals surface area contributed by atoms with Crippen LogP contribution in [0.15, 0.2) is 30.3 Å². The Labute approximate surface area is 137 Å². The molecule has 0 heterocycles. The second-order valence-corrected chi connectivity index (χ2v) is 5.80. The van der Waals surface area contributed by atoms with E-state index in [0.717, 1.165) is 24.0 Å². The van der Waals surface area contributed by atoms with Gasteiger partial charge in [-0.1, -0.05) is 37.6 Å². The van der Waals surface area contributed by atoms with Gasteiger partial charge >= 0.3 is 0 Å². The lowest BCUT2D eigenvalue weighted by molar-refractivity contribution is 0.313. The van der Waals surface area contributed by atoms with E-state index in [1.165, 1.54) is 5.56 Å². The van der Waals surface area contributed by atoms with Crippen LogP contribution < -0.4 is 4.74 Å². The zero-order valence-electron chi connectivity index (χ0n) is 14.1. The Morgan fingerprint density at radius 3 is 2.04 bits per heavy atom. The molecule has 0 fully saturated rings. The van der Waals surface area contributed by atoms with E-state index in [-0.39, 0.29) is 5.75 Å². The van der Waals surface area contributed by atoms with Crippen LogP contribution in [0.25, 0.3) is 0 Å². The maximum Gasteiger partial charge on any atom is 0.200 e. The molecular weight excluding hydrogens is 294 g/mol. The van der Waals surface area contributed by atoms with Crippen LogP contribution >= 0.6 is 0 Å². The molecule has 2 aromatic carbocycles. The molecule has 0 aliphatic rings. The summed E-state index contributed by atoms with van der Waals surface area (Å²) in [5.41, 5.74) is 3.61. The van der Waals surface area contributed by atoms with Crippen molar-refractivity contribution in [2.45, 2.75) is 46.5 Å². The summed E-state index contributed by atoms with van der Waals surface area (Å²) in [5, 5.41) is 0. The molecule has 0 N–H and O–H groups in total. The first kappa shape index (κ1) is 17.5. The van der Waals surface area contributed by atoms with E-state index in [2.05, 4.69) is 31.2 Å². The first-order valence-corrected chi connectivity index (χ1v) is 8.24. The van der Waals surface area contributed by atoms with Gasteiger partial charge in [0.05, 0.1) is 6.61 Å². The second-order valence-electron chi connectivity index (χ2n) is 5.80. The van der Waals surface area contributed by atoms with Gasteiger partial charge in [-0.3, -0.25) is 0 Å². The molecule has 23 heavy (non-hydrogen) atoms. The standard InChI is InChI=1S/C20H24F2O/c1-4-6-15-7-9-16(10-8-15)11-12-17-14(3)13-18(23-5-2)20(22)19(17)21/h7-10,13H,4-6,11-12H2,1-3H3. The molecule has 0 unspecified atom stereocenters. The number of rotatable bonds is 7. The molecule has 1 nitrogen and oxygen atoms in total. The fraction of sp³-hybridized carbons (Fsp3) is 0.400. The van der Waals surface area contributed by atoms with E-state index in [0.29, 0.717) is 25.0 Å². The lowest BCUT2D eigenvalue weighted by atomic mass is 9.98. The molecule has 2 rings (SSSR count). The van der Waals surface area contributed by atoms with Crippen LogP contribution in [0.3, 0.4) is 0 Å². The van der Waals surface area contributed by atoms with Crippen molar-refractivity contribution in [1.82, 2.24) is 0 Å². The highest BCUT2D eigenvalue weighted by atomic mass is 19.2. The molecule has 0 amide bonds. The molecule has 0 atom stereocenters. The number of hydrogen-bond acceptors (Lipinski definition) is 1. The highest BCUT2D eigenvalue weighted by molar-refractivity contribution is 5.38. The zero-order chi connectivity index (χ0) is 16.8. The number of halogens is 2. The smallest absolute Gasteiger partial charge is 0.200 e. The third kappa shape index (κ3) is 4.31. The van der Waals surface area contributed by atoms with Gasteiger partial charge < -0.3 is 4.74 Å². The van der Waals surface area contributed by atoms with Crippen LogP contribution in [0.2, 0.25) is 0 Å². The molecule has 0 saturated heterocycles. The fourth-order valence-corrected chi connectivity index (χ4v) is 2.76. The van der Waals surface area contributed by atoms with Gasteiger partial charge in [0.25, 0.3) is 0 Å². The Kier molecular flexibility index (Phi) is 6.14. The van der Waals surface area contributed by atoms with E-state index in [1.54, 1.807) is 19.9 Å². The number of benzene rings is 2. The van der Waals surface area contributed by atoms with E-state index >= 15 is 0 Å². The second kappa shape index (κ2) is 8.09. The molecule has 0 radical (unpaired) electrons. The van der Waals surface area contributed by atoms with Crippen molar-refractivity contribution in [2.75, 3.05) is 6.61 Å². The number of aryl methyl sites for hydroxylation is 3. The van der Waals surface area contributed by atoms with Crippen LogP contribution in [0.4, 0.5) is 8.78 Å². The molecule has 2 aromatic rings. The van der Waals surface area contributed by atoms with Crippen LogP contribution in [0, 0.1) is 18.6 Å². The van der Waals surface area contributed by atoms with Gasteiger partial charge in [-0.05, 0) is 61.4 Å². The molecule has 0 bridgehead atoms. The Balaban J connectivity index is 2.12. The maximum atomic E-state index is 14.3. The highest BCUT2D eigenvalue weighted by Crippen LogP contribution is 2.27. The van der Waals surface area contributed by atoms with Crippen molar-refractivity contribution in [1.29, 1.82) is 0 Å². The van der Waals surface area contributed by atoms with Gasteiger partial charge in [0.15, 0.2) is 11.6 Å². The van der Waals surface area contributed by atoms with Crippen molar-refractivity contribution >= 4 is 0 Å². The molecular formula is C20H24F2O. The third-order valence-corrected chi connectivity index (χ3v) is 4.02. The van der Waals surface area contributed by atoms with Gasteiger partial charge in [-0.2, -0.15) is 4.39 Å². The minimum atomic E-state index is -0.884. The van der Waals surface area contributed by atoms with Crippen LogP contribution in [0.5, 0.6) is 5.75 Å². The fourth-order valence-electron chi connectivity index (χ4n) is 2.76. The number of ether oxygens (including phenoxy) is 1. The summed E-state index contributed by atoms with van der Waals surface area (Å²) in [6.07, 6.45) is 3.36. The quantitative estimate of drug-likeness (QED) is 0.663. The minimum absolute atomic E-state index is 0.00447. The van der Waals surface area contributed by atoms with E-state index in [1.807, 2.05) is 0 Å². The van der Waals surface area contributed by atoms with Gasteiger partial charge in [0, 0.05) is 0 Å².